The van der Waals surface area contributed by atoms with E-state index in [1.165, 1.54) is 16.3 Å². The number of rotatable bonds is 7. The lowest BCUT2D eigenvalue weighted by molar-refractivity contribution is -0.121. The molecule has 1 atom stereocenters. The second kappa shape index (κ2) is 7.79. The molecule has 0 aliphatic rings. The largest absolute Gasteiger partial charge is 0.354 e. The molecule has 0 radical (unpaired) electrons. The second-order valence-corrected chi connectivity index (χ2v) is 5.49. The number of nitrogens with one attached hydrogen (secondary N) is 2. The van der Waals surface area contributed by atoms with E-state index in [1.54, 1.807) is 0 Å². The molecule has 3 heteroatoms. The van der Waals surface area contributed by atoms with Crippen molar-refractivity contribution in [1.82, 2.24) is 10.6 Å². The molecular weight excluding hydrogens is 260 g/mol. The number of carbonyl (C=O) groups excluding carboxylic acids is 1. The summed E-state index contributed by atoms with van der Waals surface area (Å²) in [5.74, 6) is 0.121. The predicted octanol–water partition coefficient (Wildman–Crippen LogP) is 3.23. The molecule has 0 saturated carbocycles. The zero-order chi connectivity index (χ0) is 15.1. The Bertz CT molecular complexity index is 595. The molecule has 0 bridgehead atoms. The van der Waals surface area contributed by atoms with Crippen LogP contribution in [-0.4, -0.2) is 18.5 Å². The highest BCUT2D eigenvalue weighted by molar-refractivity contribution is 5.83. The van der Waals surface area contributed by atoms with Crippen LogP contribution in [0.5, 0.6) is 0 Å². The molecule has 2 rings (SSSR count). The fourth-order valence-electron chi connectivity index (χ4n) is 2.23. The van der Waals surface area contributed by atoms with Gasteiger partial charge in [0.1, 0.15) is 0 Å². The normalized spacial score (nSPS) is 12.3. The third-order valence-electron chi connectivity index (χ3n) is 3.69. The third-order valence-corrected chi connectivity index (χ3v) is 3.69. The molecule has 112 valence electrons. The standard InChI is InChI=1S/C18H24N2O/c1-3-14(2)20-18(21)10-11-19-13-15-8-9-16-6-4-5-7-17(16)12-15/h4-9,12,14,19H,3,10-11,13H2,1-2H3,(H,20,21). The van der Waals surface area contributed by atoms with Gasteiger partial charge in [-0.2, -0.15) is 0 Å². The Kier molecular flexibility index (Phi) is 5.76. The Morgan fingerprint density at radius 3 is 2.67 bits per heavy atom. The van der Waals surface area contributed by atoms with Gasteiger partial charge in [-0.3, -0.25) is 4.79 Å². The molecule has 2 aromatic rings. The Morgan fingerprint density at radius 2 is 1.90 bits per heavy atom. The Balaban J connectivity index is 1.76. The topological polar surface area (TPSA) is 41.1 Å². The minimum absolute atomic E-state index is 0.121. The van der Waals surface area contributed by atoms with Gasteiger partial charge in [0.2, 0.25) is 5.91 Å². The maximum atomic E-state index is 11.6. The van der Waals surface area contributed by atoms with Crippen molar-refractivity contribution in [3.8, 4) is 0 Å². The lowest BCUT2D eigenvalue weighted by Crippen LogP contribution is -2.33. The van der Waals surface area contributed by atoms with Crippen LogP contribution in [0.15, 0.2) is 42.5 Å². The fourth-order valence-corrected chi connectivity index (χ4v) is 2.23. The predicted molar refractivity (Wildman–Crippen MR) is 88.2 cm³/mol. The summed E-state index contributed by atoms with van der Waals surface area (Å²) in [4.78, 5) is 11.6. The summed E-state index contributed by atoms with van der Waals surface area (Å²) in [5.41, 5.74) is 1.25. The molecule has 0 heterocycles. The first-order valence-electron chi connectivity index (χ1n) is 7.67. The van der Waals surface area contributed by atoms with E-state index < -0.39 is 0 Å². The van der Waals surface area contributed by atoms with Crippen LogP contribution in [0.4, 0.5) is 0 Å². The van der Waals surface area contributed by atoms with Crippen molar-refractivity contribution < 1.29 is 4.79 Å². The van der Waals surface area contributed by atoms with Crippen molar-refractivity contribution in [1.29, 1.82) is 0 Å². The Labute approximate surface area is 126 Å². The van der Waals surface area contributed by atoms with Crippen LogP contribution in [0.3, 0.4) is 0 Å². The highest BCUT2D eigenvalue weighted by Crippen LogP contribution is 2.15. The zero-order valence-corrected chi connectivity index (χ0v) is 12.9. The average molecular weight is 284 g/mol. The lowest BCUT2D eigenvalue weighted by Gasteiger charge is -2.11. The highest BCUT2D eigenvalue weighted by atomic mass is 16.1. The molecule has 0 aliphatic carbocycles. The van der Waals surface area contributed by atoms with Crippen molar-refractivity contribution >= 4 is 16.7 Å². The lowest BCUT2D eigenvalue weighted by atomic mass is 10.1. The summed E-state index contributed by atoms with van der Waals surface area (Å²) >= 11 is 0. The van der Waals surface area contributed by atoms with Gasteiger partial charge in [0, 0.05) is 25.6 Å². The molecule has 2 N–H and O–H groups in total. The van der Waals surface area contributed by atoms with Gasteiger partial charge in [-0.15, -0.1) is 0 Å². The first kappa shape index (κ1) is 15.5. The highest BCUT2D eigenvalue weighted by Gasteiger charge is 2.04. The van der Waals surface area contributed by atoms with Crippen LogP contribution in [-0.2, 0) is 11.3 Å². The van der Waals surface area contributed by atoms with Crippen molar-refractivity contribution in [3.63, 3.8) is 0 Å². The molecular formula is C18H24N2O. The van der Waals surface area contributed by atoms with Crippen LogP contribution in [0.1, 0.15) is 32.3 Å². The van der Waals surface area contributed by atoms with E-state index >= 15 is 0 Å². The average Bonchev–Trinajstić information content (AvgIpc) is 2.51. The minimum Gasteiger partial charge on any atom is -0.354 e. The molecule has 2 aromatic carbocycles. The maximum Gasteiger partial charge on any atom is 0.221 e. The third kappa shape index (κ3) is 4.87. The van der Waals surface area contributed by atoms with Crippen LogP contribution >= 0.6 is 0 Å². The van der Waals surface area contributed by atoms with Crippen LogP contribution in [0.25, 0.3) is 10.8 Å². The van der Waals surface area contributed by atoms with Crippen molar-refractivity contribution in [2.75, 3.05) is 6.54 Å². The minimum atomic E-state index is 0.121. The summed E-state index contributed by atoms with van der Waals surface area (Å²) in [6.07, 6.45) is 1.49. The second-order valence-electron chi connectivity index (χ2n) is 5.49. The van der Waals surface area contributed by atoms with E-state index in [2.05, 4.69) is 60.0 Å². The molecule has 21 heavy (non-hydrogen) atoms. The van der Waals surface area contributed by atoms with Gasteiger partial charge >= 0.3 is 0 Å². The first-order valence-corrected chi connectivity index (χ1v) is 7.67. The zero-order valence-electron chi connectivity index (χ0n) is 12.9. The summed E-state index contributed by atoms with van der Waals surface area (Å²) in [6, 6.07) is 15.1. The molecule has 0 fully saturated rings. The van der Waals surface area contributed by atoms with E-state index in [0.717, 1.165) is 13.0 Å². The SMILES string of the molecule is CCC(C)NC(=O)CCNCc1ccc2ccccc2c1. The van der Waals surface area contributed by atoms with Gasteiger partial charge in [-0.25, -0.2) is 0 Å². The maximum absolute atomic E-state index is 11.6. The fraction of sp³-hybridized carbons (Fsp3) is 0.389. The quantitative estimate of drug-likeness (QED) is 0.766. The van der Waals surface area contributed by atoms with E-state index in [4.69, 9.17) is 0 Å². The van der Waals surface area contributed by atoms with Crippen molar-refractivity contribution in [3.05, 3.63) is 48.0 Å². The molecule has 1 amide bonds. The van der Waals surface area contributed by atoms with Gasteiger partial charge in [0.25, 0.3) is 0 Å². The van der Waals surface area contributed by atoms with Crippen molar-refractivity contribution in [2.24, 2.45) is 0 Å². The summed E-state index contributed by atoms with van der Waals surface area (Å²) in [5, 5.41) is 8.82. The van der Waals surface area contributed by atoms with Crippen LogP contribution in [0, 0.1) is 0 Å². The molecule has 0 aliphatic heterocycles. The van der Waals surface area contributed by atoms with Gasteiger partial charge in [0.15, 0.2) is 0 Å². The van der Waals surface area contributed by atoms with E-state index in [9.17, 15) is 4.79 Å². The molecule has 0 aromatic heterocycles. The number of benzene rings is 2. The van der Waals surface area contributed by atoms with Crippen molar-refractivity contribution in [2.45, 2.75) is 39.3 Å². The number of carbonyl (C=O) groups is 1. The van der Waals surface area contributed by atoms with E-state index in [-0.39, 0.29) is 11.9 Å². The van der Waals surface area contributed by atoms with E-state index in [1.807, 2.05) is 6.92 Å². The summed E-state index contributed by atoms with van der Waals surface area (Å²) in [6.45, 7) is 5.60. The van der Waals surface area contributed by atoms with Crippen LogP contribution < -0.4 is 10.6 Å². The van der Waals surface area contributed by atoms with Gasteiger partial charge in [0.05, 0.1) is 0 Å². The van der Waals surface area contributed by atoms with Crippen LogP contribution in [0.2, 0.25) is 0 Å². The van der Waals surface area contributed by atoms with Gasteiger partial charge in [-0.1, -0.05) is 43.3 Å². The molecule has 0 saturated heterocycles. The number of hydrogen-bond donors (Lipinski definition) is 2. The Hall–Kier alpha value is -1.87. The number of amides is 1. The molecule has 3 nitrogen and oxygen atoms in total. The van der Waals surface area contributed by atoms with Gasteiger partial charge in [-0.05, 0) is 35.7 Å². The Morgan fingerprint density at radius 1 is 1.14 bits per heavy atom. The summed E-state index contributed by atoms with van der Waals surface area (Å²) in [7, 11) is 0. The van der Waals surface area contributed by atoms with Gasteiger partial charge < -0.3 is 10.6 Å². The number of fused-ring (bicyclic) bond motifs is 1. The number of hydrogen-bond acceptors (Lipinski definition) is 2. The smallest absolute Gasteiger partial charge is 0.221 e. The monoisotopic (exact) mass is 284 g/mol. The van der Waals surface area contributed by atoms with E-state index in [0.29, 0.717) is 13.0 Å². The molecule has 1 unspecified atom stereocenters. The first-order chi connectivity index (χ1) is 10.2. The molecule has 0 spiro atoms. The summed E-state index contributed by atoms with van der Waals surface area (Å²) < 4.78 is 0.